The number of aliphatic imine (C=N–C) groups is 1. The van der Waals surface area contributed by atoms with Gasteiger partial charge in [0.05, 0.1) is 0 Å². The quantitative estimate of drug-likeness (QED) is 0.534. The van der Waals surface area contributed by atoms with E-state index < -0.39 is 0 Å². The number of rotatable bonds is 8. The summed E-state index contributed by atoms with van der Waals surface area (Å²) in [6.07, 6.45) is 6.28. The van der Waals surface area contributed by atoms with E-state index in [4.69, 9.17) is 5.73 Å². The highest BCUT2D eigenvalue weighted by Gasteiger charge is 2.21. The third-order valence-corrected chi connectivity index (χ3v) is 4.61. The number of nitrogens with one attached hydrogen (secondary N) is 1. The Morgan fingerprint density at radius 3 is 2.59 bits per heavy atom. The number of guanidine groups is 1. The fourth-order valence-electron chi connectivity index (χ4n) is 3.15. The summed E-state index contributed by atoms with van der Waals surface area (Å²) in [5.41, 5.74) is 6.04. The van der Waals surface area contributed by atoms with Gasteiger partial charge in [0.25, 0.3) is 0 Å². The number of nitrogens with two attached hydrogens (primary N) is 1. The van der Waals surface area contributed by atoms with Crippen molar-refractivity contribution >= 4 is 5.96 Å². The second-order valence-electron chi connectivity index (χ2n) is 7.69. The van der Waals surface area contributed by atoms with Crippen LogP contribution in [0.2, 0.25) is 0 Å². The van der Waals surface area contributed by atoms with Gasteiger partial charge in [0.15, 0.2) is 5.96 Å². The monoisotopic (exact) mass is 310 g/mol. The summed E-state index contributed by atoms with van der Waals surface area (Å²) < 4.78 is 0. The molecule has 0 saturated carbocycles. The summed E-state index contributed by atoms with van der Waals surface area (Å²) in [5.74, 6) is 2.07. The largest absolute Gasteiger partial charge is 0.370 e. The van der Waals surface area contributed by atoms with Gasteiger partial charge in [0, 0.05) is 25.2 Å². The lowest BCUT2D eigenvalue weighted by molar-refractivity contribution is 0.143. The number of likely N-dealkylation sites (tertiary alicyclic amines) is 1. The SMILES string of the molecule is CC(C)CCCC(C)NC(N)=NCC1CCCN(C(C)C)C1. The average molecular weight is 311 g/mol. The Balaban J connectivity index is 2.26. The number of nitrogens with zero attached hydrogens (tertiary/aromatic N) is 2. The van der Waals surface area contributed by atoms with Crippen LogP contribution in [0.4, 0.5) is 0 Å². The molecule has 1 fully saturated rings. The molecule has 1 aliphatic heterocycles. The molecule has 22 heavy (non-hydrogen) atoms. The normalized spacial score (nSPS) is 22.3. The van der Waals surface area contributed by atoms with Crippen LogP contribution in [-0.2, 0) is 0 Å². The van der Waals surface area contributed by atoms with E-state index in [1.807, 2.05) is 0 Å². The van der Waals surface area contributed by atoms with Gasteiger partial charge in [-0.05, 0) is 58.4 Å². The smallest absolute Gasteiger partial charge is 0.188 e. The third kappa shape index (κ3) is 8.02. The van der Waals surface area contributed by atoms with Crippen LogP contribution in [0.3, 0.4) is 0 Å². The number of hydrogen-bond donors (Lipinski definition) is 2. The zero-order valence-electron chi connectivity index (χ0n) is 15.4. The minimum absolute atomic E-state index is 0.418. The van der Waals surface area contributed by atoms with Crippen LogP contribution in [-0.4, -0.2) is 42.6 Å². The predicted molar refractivity (Wildman–Crippen MR) is 97.2 cm³/mol. The summed E-state index contributed by atoms with van der Waals surface area (Å²) in [4.78, 5) is 7.14. The van der Waals surface area contributed by atoms with Crippen molar-refractivity contribution in [1.29, 1.82) is 0 Å². The fourth-order valence-corrected chi connectivity index (χ4v) is 3.15. The van der Waals surface area contributed by atoms with E-state index in [1.165, 1.54) is 45.2 Å². The van der Waals surface area contributed by atoms with E-state index in [0.717, 1.165) is 12.5 Å². The minimum atomic E-state index is 0.418. The van der Waals surface area contributed by atoms with Crippen molar-refractivity contribution < 1.29 is 0 Å². The summed E-state index contributed by atoms with van der Waals surface area (Å²) in [7, 11) is 0. The van der Waals surface area contributed by atoms with Gasteiger partial charge in [0.1, 0.15) is 0 Å². The van der Waals surface area contributed by atoms with Gasteiger partial charge in [-0.15, -0.1) is 0 Å². The summed E-state index contributed by atoms with van der Waals surface area (Å²) >= 11 is 0. The molecule has 2 atom stereocenters. The van der Waals surface area contributed by atoms with Gasteiger partial charge in [-0.2, -0.15) is 0 Å². The van der Waals surface area contributed by atoms with Crippen LogP contribution in [0.25, 0.3) is 0 Å². The van der Waals surface area contributed by atoms with Crippen LogP contribution in [0, 0.1) is 11.8 Å². The Morgan fingerprint density at radius 2 is 1.95 bits per heavy atom. The summed E-state index contributed by atoms with van der Waals surface area (Å²) in [5, 5.41) is 3.34. The molecule has 0 aromatic rings. The molecular weight excluding hydrogens is 272 g/mol. The van der Waals surface area contributed by atoms with E-state index in [1.54, 1.807) is 0 Å². The molecule has 1 aliphatic rings. The highest BCUT2D eigenvalue weighted by atomic mass is 15.2. The molecular formula is C18H38N4. The van der Waals surface area contributed by atoms with Crippen molar-refractivity contribution in [2.24, 2.45) is 22.6 Å². The van der Waals surface area contributed by atoms with E-state index in [2.05, 4.69) is 49.8 Å². The lowest BCUT2D eigenvalue weighted by Crippen LogP contribution is -2.42. The van der Waals surface area contributed by atoms with E-state index in [0.29, 0.717) is 24.0 Å². The highest BCUT2D eigenvalue weighted by Crippen LogP contribution is 2.18. The number of hydrogen-bond acceptors (Lipinski definition) is 2. The van der Waals surface area contributed by atoms with Crippen LogP contribution in [0.5, 0.6) is 0 Å². The second kappa shape index (κ2) is 10.1. The van der Waals surface area contributed by atoms with Crippen molar-refractivity contribution in [3.63, 3.8) is 0 Å². The molecule has 0 aromatic heterocycles. The molecule has 4 heteroatoms. The van der Waals surface area contributed by atoms with Crippen LogP contribution < -0.4 is 11.1 Å². The van der Waals surface area contributed by atoms with Gasteiger partial charge < -0.3 is 16.0 Å². The van der Waals surface area contributed by atoms with Crippen LogP contribution in [0.1, 0.15) is 66.7 Å². The van der Waals surface area contributed by atoms with Gasteiger partial charge in [-0.25, -0.2) is 0 Å². The molecule has 0 aliphatic carbocycles. The Bertz CT molecular complexity index is 325. The van der Waals surface area contributed by atoms with Gasteiger partial charge >= 0.3 is 0 Å². The van der Waals surface area contributed by atoms with E-state index in [-0.39, 0.29) is 0 Å². The van der Waals surface area contributed by atoms with Crippen molar-refractivity contribution in [1.82, 2.24) is 10.2 Å². The molecule has 0 spiro atoms. The number of piperidine rings is 1. The Kier molecular flexibility index (Phi) is 8.84. The standard InChI is InChI=1S/C18H38N4/c1-14(2)8-6-9-16(5)21-18(19)20-12-17-10-7-11-22(13-17)15(3)4/h14-17H,6-13H2,1-5H3,(H3,19,20,21). The molecule has 0 bridgehead atoms. The molecule has 1 rings (SSSR count). The van der Waals surface area contributed by atoms with Crippen molar-refractivity contribution in [3.8, 4) is 0 Å². The predicted octanol–water partition coefficient (Wildman–Crippen LogP) is 3.23. The first-order valence-corrected chi connectivity index (χ1v) is 9.19. The Hall–Kier alpha value is -0.770. The maximum Gasteiger partial charge on any atom is 0.188 e. The molecule has 0 radical (unpaired) electrons. The van der Waals surface area contributed by atoms with Crippen LogP contribution >= 0.6 is 0 Å². The van der Waals surface area contributed by atoms with E-state index >= 15 is 0 Å². The first-order chi connectivity index (χ1) is 10.4. The zero-order chi connectivity index (χ0) is 16.5. The molecule has 0 amide bonds. The second-order valence-corrected chi connectivity index (χ2v) is 7.69. The first kappa shape index (κ1) is 19.3. The zero-order valence-corrected chi connectivity index (χ0v) is 15.4. The molecule has 3 N–H and O–H groups in total. The first-order valence-electron chi connectivity index (χ1n) is 9.19. The van der Waals surface area contributed by atoms with Gasteiger partial charge in [-0.1, -0.05) is 26.7 Å². The van der Waals surface area contributed by atoms with Crippen molar-refractivity contribution in [2.45, 2.75) is 78.8 Å². The molecule has 130 valence electrons. The van der Waals surface area contributed by atoms with Gasteiger partial charge in [-0.3, -0.25) is 4.99 Å². The highest BCUT2D eigenvalue weighted by molar-refractivity contribution is 5.78. The molecule has 1 saturated heterocycles. The summed E-state index contributed by atoms with van der Waals surface area (Å²) in [6, 6.07) is 1.06. The Morgan fingerprint density at radius 1 is 1.23 bits per heavy atom. The molecule has 4 nitrogen and oxygen atoms in total. The fraction of sp³-hybridized carbons (Fsp3) is 0.944. The topological polar surface area (TPSA) is 53.6 Å². The Labute approximate surface area is 137 Å². The average Bonchev–Trinajstić information content (AvgIpc) is 2.45. The maximum absolute atomic E-state index is 6.04. The van der Waals surface area contributed by atoms with Crippen molar-refractivity contribution in [3.05, 3.63) is 0 Å². The third-order valence-electron chi connectivity index (χ3n) is 4.61. The lowest BCUT2D eigenvalue weighted by atomic mass is 9.97. The molecule has 0 aromatic carbocycles. The van der Waals surface area contributed by atoms with Crippen LogP contribution in [0.15, 0.2) is 4.99 Å². The molecule has 1 heterocycles. The van der Waals surface area contributed by atoms with E-state index in [9.17, 15) is 0 Å². The molecule has 2 unspecified atom stereocenters. The van der Waals surface area contributed by atoms with Gasteiger partial charge in [0.2, 0.25) is 0 Å². The maximum atomic E-state index is 6.04. The summed E-state index contributed by atoms with van der Waals surface area (Å²) in [6.45, 7) is 14.6. The lowest BCUT2D eigenvalue weighted by Gasteiger charge is -2.34. The minimum Gasteiger partial charge on any atom is -0.370 e. The van der Waals surface area contributed by atoms with Crippen molar-refractivity contribution in [2.75, 3.05) is 19.6 Å².